The molecule has 1 amide bonds. The number of amides is 1. The van der Waals surface area contributed by atoms with Crippen molar-refractivity contribution < 1.29 is 9.90 Å². The number of nitrogens with zero attached hydrogens (tertiary/aromatic N) is 7. The number of fused-ring (bicyclic) bond motifs is 1. The zero-order valence-corrected chi connectivity index (χ0v) is 16.3. The Balaban J connectivity index is 1.47. The summed E-state index contributed by atoms with van der Waals surface area (Å²) in [6.45, 7) is 4.34. The molecule has 0 aliphatic carbocycles. The molecule has 4 heterocycles. The topological polar surface area (TPSA) is 162 Å². The van der Waals surface area contributed by atoms with Gasteiger partial charge in [-0.25, -0.2) is 24.9 Å². The van der Waals surface area contributed by atoms with Crippen LogP contribution in [0, 0.1) is 13.8 Å². The van der Waals surface area contributed by atoms with Gasteiger partial charge in [-0.1, -0.05) is 0 Å². The molecule has 0 radical (unpaired) electrons. The van der Waals surface area contributed by atoms with Crippen LogP contribution in [0.1, 0.15) is 29.4 Å². The minimum atomic E-state index is -0.726. The SMILES string of the molecule is Cc1nc(N)nc(C)c1CCC(=O)N1C[C@@H](O)[C@H](n2cnc3c(N)ncnc32)C1. The first kappa shape index (κ1) is 19.0. The second-order valence-corrected chi connectivity index (χ2v) is 7.25. The van der Waals surface area contributed by atoms with Gasteiger partial charge in [0, 0.05) is 30.9 Å². The van der Waals surface area contributed by atoms with Crippen LogP contribution >= 0.6 is 0 Å². The lowest BCUT2D eigenvalue weighted by Gasteiger charge is -2.17. The number of aliphatic hydroxyl groups is 1. The number of nitrogens with two attached hydrogens (primary N) is 2. The van der Waals surface area contributed by atoms with E-state index in [1.807, 2.05) is 13.8 Å². The molecule has 4 rings (SSSR count). The molecule has 0 spiro atoms. The van der Waals surface area contributed by atoms with Gasteiger partial charge in [-0.05, 0) is 25.8 Å². The van der Waals surface area contributed by atoms with Crippen molar-refractivity contribution >= 4 is 28.8 Å². The molecule has 11 nitrogen and oxygen atoms in total. The molecule has 3 aromatic rings. The third kappa shape index (κ3) is 3.44. The molecule has 0 bridgehead atoms. The van der Waals surface area contributed by atoms with Crippen molar-refractivity contribution in [1.82, 2.24) is 34.4 Å². The smallest absolute Gasteiger partial charge is 0.223 e. The van der Waals surface area contributed by atoms with Crippen molar-refractivity contribution in [3.63, 3.8) is 0 Å². The molecule has 1 saturated heterocycles. The van der Waals surface area contributed by atoms with Crippen LogP contribution in [0.25, 0.3) is 11.2 Å². The Morgan fingerprint density at radius 3 is 2.62 bits per heavy atom. The van der Waals surface area contributed by atoms with Crippen molar-refractivity contribution in [2.45, 2.75) is 38.8 Å². The van der Waals surface area contributed by atoms with Crippen molar-refractivity contribution in [1.29, 1.82) is 0 Å². The summed E-state index contributed by atoms with van der Waals surface area (Å²) in [7, 11) is 0. The summed E-state index contributed by atoms with van der Waals surface area (Å²) in [5, 5.41) is 10.6. The van der Waals surface area contributed by atoms with E-state index >= 15 is 0 Å². The van der Waals surface area contributed by atoms with E-state index in [0.29, 0.717) is 30.6 Å². The van der Waals surface area contributed by atoms with E-state index in [4.69, 9.17) is 11.5 Å². The second kappa shape index (κ2) is 7.24. The van der Waals surface area contributed by atoms with E-state index < -0.39 is 6.10 Å². The van der Waals surface area contributed by atoms with E-state index in [9.17, 15) is 9.90 Å². The number of aryl methyl sites for hydroxylation is 2. The molecule has 0 aromatic carbocycles. The molecule has 152 valence electrons. The fraction of sp³-hybridized carbons (Fsp3) is 0.444. The van der Waals surface area contributed by atoms with Crippen LogP contribution in [0.15, 0.2) is 12.7 Å². The lowest BCUT2D eigenvalue weighted by atomic mass is 10.1. The summed E-state index contributed by atoms with van der Waals surface area (Å²) in [6.07, 6.45) is 3.03. The summed E-state index contributed by atoms with van der Waals surface area (Å²) in [5.74, 6) is 0.476. The first-order valence-corrected chi connectivity index (χ1v) is 9.33. The van der Waals surface area contributed by atoms with Gasteiger partial charge in [0.05, 0.1) is 18.5 Å². The molecule has 2 atom stereocenters. The Kier molecular flexibility index (Phi) is 4.74. The highest BCUT2D eigenvalue weighted by molar-refractivity contribution is 5.81. The zero-order valence-electron chi connectivity index (χ0n) is 16.3. The number of carbonyl (C=O) groups excluding carboxylic acids is 1. The van der Waals surface area contributed by atoms with Gasteiger partial charge >= 0.3 is 0 Å². The van der Waals surface area contributed by atoms with E-state index in [1.165, 1.54) is 6.33 Å². The molecule has 5 N–H and O–H groups in total. The van der Waals surface area contributed by atoms with Gasteiger partial charge < -0.3 is 26.0 Å². The predicted octanol–water partition coefficient (Wildman–Crippen LogP) is -0.225. The molecule has 29 heavy (non-hydrogen) atoms. The zero-order chi connectivity index (χ0) is 20.7. The normalized spacial score (nSPS) is 19.2. The summed E-state index contributed by atoms with van der Waals surface area (Å²) < 4.78 is 1.76. The fourth-order valence-corrected chi connectivity index (χ4v) is 3.88. The number of β-amino-alcohol motifs (C(OH)–C–C–N with tert-alkyl or cyclic N) is 1. The first-order chi connectivity index (χ1) is 13.8. The van der Waals surface area contributed by atoms with Gasteiger partial charge in [-0.2, -0.15) is 0 Å². The third-order valence-corrected chi connectivity index (χ3v) is 5.38. The number of aliphatic hydroxyl groups excluding tert-OH is 1. The number of rotatable bonds is 4. The predicted molar refractivity (Wildman–Crippen MR) is 106 cm³/mol. The summed E-state index contributed by atoms with van der Waals surface area (Å²) in [4.78, 5) is 35.2. The Hall–Kier alpha value is -3.34. The van der Waals surface area contributed by atoms with Crippen molar-refractivity contribution in [2.24, 2.45) is 0 Å². The molecule has 1 aliphatic rings. The summed E-state index contributed by atoms with van der Waals surface area (Å²) in [5.41, 5.74) is 15.0. The average molecular weight is 397 g/mol. The van der Waals surface area contributed by atoms with Gasteiger partial charge in [0.2, 0.25) is 11.9 Å². The largest absolute Gasteiger partial charge is 0.389 e. The lowest BCUT2D eigenvalue weighted by molar-refractivity contribution is -0.130. The molecule has 1 fully saturated rings. The fourth-order valence-electron chi connectivity index (χ4n) is 3.88. The number of imidazole rings is 1. The van der Waals surface area contributed by atoms with Crippen molar-refractivity contribution in [3.8, 4) is 0 Å². The molecular formula is C18H23N9O2. The van der Waals surface area contributed by atoms with Gasteiger partial charge in [0.25, 0.3) is 0 Å². The first-order valence-electron chi connectivity index (χ1n) is 9.33. The maximum atomic E-state index is 12.8. The number of carbonyl (C=O) groups is 1. The van der Waals surface area contributed by atoms with Gasteiger partial charge in [-0.3, -0.25) is 4.79 Å². The summed E-state index contributed by atoms with van der Waals surface area (Å²) >= 11 is 0. The quantitative estimate of drug-likeness (QED) is 0.540. The van der Waals surface area contributed by atoms with E-state index in [2.05, 4.69) is 24.9 Å². The number of anilines is 2. The van der Waals surface area contributed by atoms with E-state index in [0.717, 1.165) is 17.0 Å². The van der Waals surface area contributed by atoms with Crippen LogP contribution in [0.5, 0.6) is 0 Å². The van der Waals surface area contributed by atoms with Crippen LogP contribution in [0.3, 0.4) is 0 Å². The molecule has 3 aromatic heterocycles. The van der Waals surface area contributed by atoms with Crippen LogP contribution < -0.4 is 11.5 Å². The third-order valence-electron chi connectivity index (χ3n) is 5.38. The minimum absolute atomic E-state index is 0.0410. The van der Waals surface area contributed by atoms with Crippen LogP contribution in [-0.4, -0.2) is 64.6 Å². The van der Waals surface area contributed by atoms with Gasteiger partial charge in [0.15, 0.2) is 11.5 Å². The highest BCUT2D eigenvalue weighted by Crippen LogP contribution is 2.27. The molecule has 11 heteroatoms. The monoisotopic (exact) mass is 397 g/mol. The van der Waals surface area contributed by atoms with Crippen LogP contribution in [0.2, 0.25) is 0 Å². The molecule has 0 saturated carbocycles. The maximum absolute atomic E-state index is 12.8. The molecule has 1 aliphatic heterocycles. The lowest BCUT2D eigenvalue weighted by Crippen LogP contribution is -2.30. The molecular weight excluding hydrogens is 374 g/mol. The number of hydrogen-bond donors (Lipinski definition) is 3. The number of aromatic nitrogens is 6. The summed E-state index contributed by atoms with van der Waals surface area (Å²) in [6, 6.07) is -0.346. The standard InChI is InChI=1S/C18H23N9O2/c1-9-11(10(2)25-18(20)24-9)3-4-14(29)26-5-12(13(28)6-26)27-8-23-15-16(19)21-7-22-17(15)27/h7-8,12-13,28H,3-6H2,1-2H3,(H2,19,21,22)(H2,20,24,25)/t12-,13-/m1/s1. The average Bonchev–Trinajstić information content (AvgIpc) is 3.25. The van der Waals surface area contributed by atoms with Crippen molar-refractivity contribution in [2.75, 3.05) is 24.6 Å². The minimum Gasteiger partial charge on any atom is -0.389 e. The Morgan fingerprint density at radius 2 is 1.90 bits per heavy atom. The van der Waals surface area contributed by atoms with Gasteiger partial charge in [0.1, 0.15) is 11.8 Å². The Morgan fingerprint density at radius 1 is 1.17 bits per heavy atom. The van der Waals surface area contributed by atoms with E-state index in [1.54, 1.807) is 15.8 Å². The highest BCUT2D eigenvalue weighted by Gasteiger charge is 2.36. The van der Waals surface area contributed by atoms with Crippen molar-refractivity contribution in [3.05, 3.63) is 29.6 Å². The number of hydrogen-bond acceptors (Lipinski definition) is 9. The second-order valence-electron chi connectivity index (χ2n) is 7.25. The Bertz CT molecular complexity index is 1060. The van der Waals surface area contributed by atoms with Crippen LogP contribution in [-0.2, 0) is 11.2 Å². The van der Waals surface area contributed by atoms with Gasteiger partial charge in [-0.15, -0.1) is 0 Å². The Labute approximate surface area is 166 Å². The molecule has 0 unspecified atom stereocenters. The number of likely N-dealkylation sites (tertiary alicyclic amines) is 1. The number of nitrogen functional groups attached to an aromatic ring is 2. The van der Waals surface area contributed by atoms with E-state index in [-0.39, 0.29) is 30.3 Å². The maximum Gasteiger partial charge on any atom is 0.223 e. The van der Waals surface area contributed by atoms with Crippen LogP contribution in [0.4, 0.5) is 11.8 Å². The highest BCUT2D eigenvalue weighted by atomic mass is 16.3.